The first-order valence-corrected chi connectivity index (χ1v) is 5.78. The number of carbonyl (C=O) groups excluding carboxylic acids is 1. The van der Waals surface area contributed by atoms with Gasteiger partial charge < -0.3 is 10.1 Å². The molecule has 0 bridgehead atoms. The molecule has 0 heterocycles. The number of methoxy groups -OCH3 is 1. The maximum atomic E-state index is 11.7. The van der Waals surface area contributed by atoms with Gasteiger partial charge in [0, 0.05) is 17.3 Å². The van der Waals surface area contributed by atoms with Crippen molar-refractivity contribution in [3.05, 3.63) is 34.9 Å². The minimum atomic E-state index is -0.115. The second-order valence-corrected chi connectivity index (χ2v) is 4.01. The Hall–Kier alpha value is -1.48. The van der Waals surface area contributed by atoms with Crippen LogP contribution in [0.5, 0.6) is 5.75 Å². The summed E-state index contributed by atoms with van der Waals surface area (Å²) in [5.41, 5.74) is 1.36. The first-order chi connectivity index (χ1) is 8.08. The summed E-state index contributed by atoms with van der Waals surface area (Å²) in [7, 11) is 1.54. The van der Waals surface area contributed by atoms with E-state index in [0.29, 0.717) is 22.0 Å². The van der Waals surface area contributed by atoms with Crippen molar-refractivity contribution in [2.75, 3.05) is 12.4 Å². The van der Waals surface area contributed by atoms with Crippen molar-refractivity contribution in [3.8, 4) is 5.75 Å². The Balaban J connectivity index is 2.82. The number of ether oxygens (including phenoxy) is 1. The largest absolute Gasteiger partial charge is 0.495 e. The fourth-order valence-corrected chi connectivity index (χ4v) is 1.56. The number of anilines is 1. The van der Waals surface area contributed by atoms with Crippen molar-refractivity contribution in [1.82, 2.24) is 0 Å². The highest BCUT2D eigenvalue weighted by Crippen LogP contribution is 2.27. The molecule has 0 fully saturated rings. The summed E-state index contributed by atoms with van der Waals surface area (Å²) in [5.74, 6) is 0.429. The van der Waals surface area contributed by atoms with E-state index in [1.54, 1.807) is 25.1 Å². The van der Waals surface area contributed by atoms with Crippen molar-refractivity contribution >= 4 is 23.2 Å². The Labute approximate surface area is 106 Å². The van der Waals surface area contributed by atoms with Gasteiger partial charge in [0.05, 0.1) is 12.1 Å². The highest BCUT2D eigenvalue weighted by molar-refractivity contribution is 6.32. The Morgan fingerprint density at radius 2 is 2.24 bits per heavy atom. The zero-order valence-corrected chi connectivity index (χ0v) is 11.0. The molecule has 17 heavy (non-hydrogen) atoms. The van der Waals surface area contributed by atoms with Crippen LogP contribution < -0.4 is 10.1 Å². The Morgan fingerprint density at radius 1 is 1.53 bits per heavy atom. The third-order valence-electron chi connectivity index (χ3n) is 2.28. The number of halogens is 1. The van der Waals surface area contributed by atoms with E-state index in [2.05, 4.69) is 5.32 Å². The summed E-state index contributed by atoms with van der Waals surface area (Å²) in [4.78, 5) is 11.7. The van der Waals surface area contributed by atoms with Crippen molar-refractivity contribution < 1.29 is 9.53 Å². The minimum absolute atomic E-state index is 0.115. The Morgan fingerprint density at radius 3 is 2.82 bits per heavy atom. The van der Waals surface area contributed by atoms with Crippen molar-refractivity contribution in [2.45, 2.75) is 20.3 Å². The quantitative estimate of drug-likeness (QED) is 0.832. The molecule has 0 aromatic heterocycles. The lowest BCUT2D eigenvalue weighted by Crippen LogP contribution is -2.12. The fraction of sp³-hybridized carbons (Fsp3) is 0.308. The average Bonchev–Trinajstić information content (AvgIpc) is 2.31. The molecule has 0 saturated heterocycles. The van der Waals surface area contributed by atoms with Crippen molar-refractivity contribution in [1.29, 1.82) is 0 Å². The van der Waals surface area contributed by atoms with E-state index in [9.17, 15) is 4.79 Å². The van der Waals surface area contributed by atoms with Gasteiger partial charge in [0.1, 0.15) is 5.75 Å². The van der Waals surface area contributed by atoms with Gasteiger partial charge in [0.15, 0.2) is 0 Å². The lowest BCUT2D eigenvalue weighted by Gasteiger charge is -2.08. The van der Waals surface area contributed by atoms with Gasteiger partial charge in [-0.25, -0.2) is 0 Å². The summed E-state index contributed by atoms with van der Waals surface area (Å²) in [5, 5.41) is 3.30. The van der Waals surface area contributed by atoms with Gasteiger partial charge in [-0.3, -0.25) is 4.79 Å². The molecule has 1 rings (SSSR count). The molecule has 0 spiro atoms. The number of hydrogen-bond acceptors (Lipinski definition) is 2. The number of nitrogens with one attached hydrogen (secondary N) is 1. The van der Waals surface area contributed by atoms with E-state index >= 15 is 0 Å². The SMILES string of the molecule is CC/C=C(\C)C(=O)Nc1ccc(Cl)c(OC)c1. The van der Waals surface area contributed by atoms with Crippen LogP contribution >= 0.6 is 11.6 Å². The van der Waals surface area contributed by atoms with Gasteiger partial charge in [-0.2, -0.15) is 0 Å². The molecular weight excluding hydrogens is 238 g/mol. The van der Waals surface area contributed by atoms with E-state index in [-0.39, 0.29) is 5.91 Å². The molecule has 1 aromatic carbocycles. The zero-order chi connectivity index (χ0) is 12.8. The highest BCUT2D eigenvalue weighted by Gasteiger charge is 2.06. The summed E-state index contributed by atoms with van der Waals surface area (Å²) in [6.07, 6.45) is 2.71. The van der Waals surface area contributed by atoms with Crippen molar-refractivity contribution in [3.63, 3.8) is 0 Å². The first-order valence-electron chi connectivity index (χ1n) is 5.40. The zero-order valence-electron chi connectivity index (χ0n) is 10.2. The second-order valence-electron chi connectivity index (χ2n) is 3.60. The molecule has 92 valence electrons. The predicted molar refractivity (Wildman–Crippen MR) is 70.7 cm³/mol. The summed E-state index contributed by atoms with van der Waals surface area (Å²) >= 11 is 5.90. The van der Waals surface area contributed by atoms with Crippen LogP contribution in [-0.2, 0) is 4.79 Å². The molecule has 0 saturated carbocycles. The topological polar surface area (TPSA) is 38.3 Å². The molecule has 0 aliphatic carbocycles. The molecule has 0 radical (unpaired) electrons. The number of amides is 1. The van der Waals surface area contributed by atoms with Crippen LogP contribution in [0.25, 0.3) is 0 Å². The van der Waals surface area contributed by atoms with Crippen LogP contribution in [-0.4, -0.2) is 13.0 Å². The van der Waals surface area contributed by atoms with Gasteiger partial charge >= 0.3 is 0 Å². The molecule has 0 aliphatic heterocycles. The third kappa shape index (κ3) is 3.79. The lowest BCUT2D eigenvalue weighted by molar-refractivity contribution is -0.112. The number of carbonyl (C=O) groups is 1. The van der Waals surface area contributed by atoms with E-state index < -0.39 is 0 Å². The second kappa shape index (κ2) is 6.30. The van der Waals surface area contributed by atoms with E-state index in [1.807, 2.05) is 13.0 Å². The fourth-order valence-electron chi connectivity index (χ4n) is 1.37. The van der Waals surface area contributed by atoms with Crippen LogP contribution in [0.1, 0.15) is 20.3 Å². The summed E-state index contributed by atoms with van der Waals surface area (Å²) in [6.45, 7) is 3.77. The molecule has 1 amide bonds. The third-order valence-corrected chi connectivity index (χ3v) is 2.59. The molecule has 1 N–H and O–H groups in total. The number of hydrogen-bond donors (Lipinski definition) is 1. The van der Waals surface area contributed by atoms with Crippen LogP contribution in [0.4, 0.5) is 5.69 Å². The monoisotopic (exact) mass is 253 g/mol. The van der Waals surface area contributed by atoms with Gasteiger partial charge in [0.25, 0.3) is 5.91 Å². The van der Waals surface area contributed by atoms with Crippen LogP contribution in [0.15, 0.2) is 29.8 Å². The standard InChI is InChI=1S/C13H16ClNO2/c1-4-5-9(2)13(16)15-10-6-7-11(14)12(8-10)17-3/h5-8H,4H2,1-3H3,(H,15,16)/b9-5+. The predicted octanol–water partition coefficient (Wildman–Crippen LogP) is 3.64. The van der Waals surface area contributed by atoms with E-state index in [0.717, 1.165) is 6.42 Å². The lowest BCUT2D eigenvalue weighted by atomic mass is 10.2. The minimum Gasteiger partial charge on any atom is -0.495 e. The molecule has 0 aliphatic rings. The maximum absolute atomic E-state index is 11.7. The van der Waals surface area contributed by atoms with Crippen LogP contribution in [0, 0.1) is 0 Å². The smallest absolute Gasteiger partial charge is 0.250 e. The Kier molecular flexibility index (Phi) is 5.04. The van der Waals surface area contributed by atoms with Crippen molar-refractivity contribution in [2.24, 2.45) is 0 Å². The number of benzene rings is 1. The van der Waals surface area contributed by atoms with Crippen LogP contribution in [0.2, 0.25) is 5.02 Å². The van der Waals surface area contributed by atoms with Gasteiger partial charge in [0.2, 0.25) is 0 Å². The highest BCUT2D eigenvalue weighted by atomic mass is 35.5. The van der Waals surface area contributed by atoms with E-state index in [1.165, 1.54) is 7.11 Å². The first kappa shape index (κ1) is 13.6. The number of allylic oxidation sites excluding steroid dienone is 1. The molecule has 3 nitrogen and oxygen atoms in total. The molecule has 1 aromatic rings. The molecule has 4 heteroatoms. The van der Waals surface area contributed by atoms with Crippen LogP contribution in [0.3, 0.4) is 0 Å². The molecule has 0 atom stereocenters. The van der Waals surface area contributed by atoms with Gasteiger partial charge in [-0.05, 0) is 25.5 Å². The average molecular weight is 254 g/mol. The number of rotatable bonds is 4. The van der Waals surface area contributed by atoms with E-state index in [4.69, 9.17) is 16.3 Å². The van der Waals surface area contributed by atoms with Gasteiger partial charge in [-0.15, -0.1) is 0 Å². The normalized spacial score (nSPS) is 11.2. The molecular formula is C13H16ClNO2. The maximum Gasteiger partial charge on any atom is 0.250 e. The van der Waals surface area contributed by atoms with Gasteiger partial charge in [-0.1, -0.05) is 24.6 Å². The summed E-state index contributed by atoms with van der Waals surface area (Å²) in [6, 6.07) is 5.12. The summed E-state index contributed by atoms with van der Waals surface area (Å²) < 4.78 is 5.08. The Bertz CT molecular complexity index is 441. The molecule has 0 unspecified atom stereocenters.